The number of hydrogen-bond acceptors (Lipinski definition) is 3. The molecule has 1 aromatic heterocycles. The first-order valence-electron chi connectivity index (χ1n) is 2.35. The van der Waals surface area contributed by atoms with E-state index >= 15 is 0 Å². The molecule has 5 nitrogen and oxygen atoms in total. The Morgan fingerprint density at radius 2 is 2.40 bits per heavy atom. The lowest BCUT2D eigenvalue weighted by molar-refractivity contribution is 0.0685. The number of nitrogens with two attached hydrogens (primary N) is 1. The molecule has 0 spiro atoms. The minimum absolute atomic E-state index is 0.433. The topological polar surface area (TPSA) is 92.0 Å². The highest BCUT2D eigenvalue weighted by atomic mass is 19.1. The number of carboxylic acids is 1. The molecule has 54 valence electrons. The molecule has 0 amide bonds. The Morgan fingerprint density at radius 3 is 2.60 bits per heavy atom. The maximum Gasteiger partial charge on any atom is 0.357 e. The number of nitrogens with zero attached hydrogens (tertiary/aromatic N) is 1. The van der Waals surface area contributed by atoms with E-state index in [0.717, 1.165) is 0 Å². The molecule has 1 heterocycles. The lowest BCUT2D eigenvalue weighted by Gasteiger charge is -1.84. The fourth-order valence-corrected chi connectivity index (χ4v) is 0.484. The van der Waals surface area contributed by atoms with Gasteiger partial charge in [-0.15, -0.1) is 0 Å². The van der Waals surface area contributed by atoms with E-state index in [9.17, 15) is 9.18 Å². The third-order valence-electron chi connectivity index (χ3n) is 0.946. The lowest BCUT2D eigenvalue weighted by atomic mass is 10.4. The summed E-state index contributed by atoms with van der Waals surface area (Å²) in [6.45, 7) is 0. The number of H-pyrrole nitrogens is 1. The van der Waals surface area contributed by atoms with Crippen LogP contribution in [0.25, 0.3) is 0 Å². The number of aromatic carboxylic acids is 1. The van der Waals surface area contributed by atoms with Crippen molar-refractivity contribution in [2.45, 2.75) is 0 Å². The molecule has 0 saturated heterocycles. The molecule has 0 fully saturated rings. The van der Waals surface area contributed by atoms with Crippen molar-refractivity contribution >= 4 is 11.8 Å². The van der Waals surface area contributed by atoms with E-state index in [2.05, 4.69) is 5.10 Å². The highest BCUT2D eigenvalue weighted by Crippen LogP contribution is 2.08. The average Bonchev–Trinajstić information content (AvgIpc) is 2.14. The van der Waals surface area contributed by atoms with Crippen LogP contribution in [0.4, 0.5) is 10.2 Å². The summed E-state index contributed by atoms with van der Waals surface area (Å²) in [5.41, 5.74) is 4.28. The Balaban J connectivity index is 3.17. The van der Waals surface area contributed by atoms with Gasteiger partial charge in [0.05, 0.1) is 0 Å². The van der Waals surface area contributed by atoms with Crippen molar-refractivity contribution in [3.05, 3.63) is 11.5 Å². The summed E-state index contributed by atoms with van der Waals surface area (Å²) in [5, 5.41) is 13.3. The molecule has 4 N–H and O–H groups in total. The molecule has 0 unspecified atom stereocenters. The van der Waals surface area contributed by atoms with Gasteiger partial charge in [-0.25, -0.2) is 9.18 Å². The quantitative estimate of drug-likeness (QED) is 0.511. The number of anilines is 1. The van der Waals surface area contributed by atoms with Crippen LogP contribution in [0.1, 0.15) is 10.5 Å². The van der Waals surface area contributed by atoms with Crippen LogP contribution in [-0.2, 0) is 0 Å². The van der Waals surface area contributed by atoms with Crippen molar-refractivity contribution in [2.24, 2.45) is 0 Å². The summed E-state index contributed by atoms with van der Waals surface area (Å²) < 4.78 is 12.4. The van der Waals surface area contributed by atoms with Gasteiger partial charge < -0.3 is 10.8 Å². The van der Waals surface area contributed by atoms with E-state index in [4.69, 9.17) is 10.8 Å². The number of aromatic nitrogens is 2. The fraction of sp³-hybridized carbons (Fsp3) is 0. The monoisotopic (exact) mass is 145 g/mol. The molecule has 0 aromatic carbocycles. The molecular weight excluding hydrogens is 141 g/mol. The molecule has 0 radical (unpaired) electrons. The number of aromatic amines is 1. The van der Waals surface area contributed by atoms with Gasteiger partial charge >= 0.3 is 5.97 Å². The normalized spacial score (nSPS) is 9.70. The molecule has 0 saturated carbocycles. The zero-order valence-electron chi connectivity index (χ0n) is 4.76. The molecule has 0 aliphatic heterocycles. The minimum Gasteiger partial charge on any atom is -0.476 e. The molecular formula is C4H4FN3O2. The maximum absolute atomic E-state index is 12.4. The largest absolute Gasteiger partial charge is 0.476 e. The summed E-state index contributed by atoms with van der Waals surface area (Å²) in [7, 11) is 0. The van der Waals surface area contributed by atoms with E-state index in [1.54, 1.807) is 0 Å². The molecule has 0 bridgehead atoms. The summed E-state index contributed by atoms with van der Waals surface area (Å²) in [5.74, 6) is -2.87. The van der Waals surface area contributed by atoms with Crippen LogP contribution in [0, 0.1) is 5.82 Å². The predicted molar refractivity (Wildman–Crippen MR) is 29.9 cm³/mol. The van der Waals surface area contributed by atoms with Crippen molar-refractivity contribution in [1.82, 2.24) is 10.2 Å². The van der Waals surface area contributed by atoms with Gasteiger partial charge in [0.2, 0.25) is 0 Å². The predicted octanol–water partition coefficient (Wildman–Crippen LogP) is -0.171. The van der Waals surface area contributed by atoms with Crippen molar-refractivity contribution < 1.29 is 14.3 Å². The Labute approximate surface area is 54.7 Å². The first kappa shape index (κ1) is 6.53. The second-order valence-electron chi connectivity index (χ2n) is 1.60. The van der Waals surface area contributed by atoms with E-state index in [-0.39, 0.29) is 0 Å². The van der Waals surface area contributed by atoms with Crippen molar-refractivity contribution in [2.75, 3.05) is 5.73 Å². The third kappa shape index (κ3) is 0.790. The van der Waals surface area contributed by atoms with Crippen LogP contribution in [0.2, 0.25) is 0 Å². The van der Waals surface area contributed by atoms with Gasteiger partial charge in [0.1, 0.15) is 0 Å². The van der Waals surface area contributed by atoms with Crippen LogP contribution in [0.15, 0.2) is 0 Å². The van der Waals surface area contributed by atoms with Gasteiger partial charge in [0, 0.05) is 0 Å². The number of rotatable bonds is 1. The number of halogens is 1. The smallest absolute Gasteiger partial charge is 0.357 e. The Morgan fingerprint density at radius 1 is 1.80 bits per heavy atom. The van der Waals surface area contributed by atoms with E-state index in [1.165, 1.54) is 0 Å². The SMILES string of the molecule is Nc1n[nH]c(C(=O)O)c1F. The summed E-state index contributed by atoms with van der Waals surface area (Å²) in [6.07, 6.45) is 0. The number of nitrogens with one attached hydrogen (secondary N) is 1. The van der Waals surface area contributed by atoms with Gasteiger partial charge in [-0.1, -0.05) is 0 Å². The molecule has 0 aliphatic carbocycles. The summed E-state index contributed by atoms with van der Waals surface area (Å²) in [6, 6.07) is 0. The van der Waals surface area contributed by atoms with Gasteiger partial charge in [-0.3, -0.25) is 5.10 Å². The van der Waals surface area contributed by atoms with Gasteiger partial charge in [-0.2, -0.15) is 5.10 Å². The molecule has 6 heteroatoms. The third-order valence-corrected chi connectivity index (χ3v) is 0.946. The maximum atomic E-state index is 12.4. The van der Waals surface area contributed by atoms with Crippen LogP contribution < -0.4 is 5.73 Å². The van der Waals surface area contributed by atoms with Crippen molar-refractivity contribution in [3.63, 3.8) is 0 Å². The standard InChI is InChI=1S/C4H4FN3O2/c5-1-2(4(9)10)7-8-3(1)6/h(H,9,10)(H3,6,7,8). The second-order valence-corrected chi connectivity index (χ2v) is 1.60. The lowest BCUT2D eigenvalue weighted by Crippen LogP contribution is -1.99. The zero-order valence-corrected chi connectivity index (χ0v) is 4.76. The van der Waals surface area contributed by atoms with Crippen LogP contribution in [-0.4, -0.2) is 21.3 Å². The first-order chi connectivity index (χ1) is 4.63. The van der Waals surface area contributed by atoms with E-state index in [1.807, 2.05) is 5.10 Å². The van der Waals surface area contributed by atoms with E-state index < -0.39 is 23.3 Å². The average molecular weight is 145 g/mol. The number of carbonyl (C=O) groups is 1. The van der Waals surface area contributed by atoms with Gasteiger partial charge in [0.25, 0.3) is 0 Å². The van der Waals surface area contributed by atoms with E-state index in [0.29, 0.717) is 0 Å². The number of nitrogen functional groups attached to an aromatic ring is 1. The first-order valence-corrected chi connectivity index (χ1v) is 2.35. The van der Waals surface area contributed by atoms with Crippen molar-refractivity contribution in [3.8, 4) is 0 Å². The fourth-order valence-electron chi connectivity index (χ4n) is 0.484. The highest BCUT2D eigenvalue weighted by molar-refractivity contribution is 5.86. The van der Waals surface area contributed by atoms with Crippen molar-refractivity contribution in [1.29, 1.82) is 0 Å². The molecule has 0 atom stereocenters. The number of carboxylic acid groups (broad SMARTS) is 1. The Kier molecular flexibility index (Phi) is 1.29. The van der Waals surface area contributed by atoms with Crippen LogP contribution in [0.5, 0.6) is 0 Å². The van der Waals surface area contributed by atoms with Crippen LogP contribution in [0.3, 0.4) is 0 Å². The van der Waals surface area contributed by atoms with Crippen LogP contribution >= 0.6 is 0 Å². The molecule has 10 heavy (non-hydrogen) atoms. The Bertz CT molecular complexity index is 269. The number of hydrogen-bond donors (Lipinski definition) is 3. The van der Waals surface area contributed by atoms with Gasteiger partial charge in [-0.05, 0) is 0 Å². The molecule has 1 rings (SSSR count). The summed E-state index contributed by atoms with van der Waals surface area (Å²) >= 11 is 0. The zero-order chi connectivity index (χ0) is 7.72. The highest BCUT2D eigenvalue weighted by Gasteiger charge is 2.15. The molecule has 1 aromatic rings. The molecule has 0 aliphatic rings. The second kappa shape index (κ2) is 1.98. The minimum atomic E-state index is -1.42. The summed E-state index contributed by atoms with van der Waals surface area (Å²) in [4.78, 5) is 10.1. The van der Waals surface area contributed by atoms with Gasteiger partial charge in [0.15, 0.2) is 17.3 Å². The Hall–Kier alpha value is -1.59.